The molecule has 1 aliphatic heterocycles. The Balaban J connectivity index is 1.24. The zero-order chi connectivity index (χ0) is 14.2. The first kappa shape index (κ1) is 13.8. The zero-order valence-electron chi connectivity index (χ0n) is 12.5. The second-order valence-electron chi connectivity index (χ2n) is 6.90. The fraction of sp³-hybridized carbons (Fsp3) is 0.706. The summed E-state index contributed by atoms with van der Waals surface area (Å²) in [5, 5.41) is 5.60. The predicted molar refractivity (Wildman–Crippen MR) is 85.2 cm³/mol. The van der Waals surface area contributed by atoms with E-state index >= 15 is 0 Å². The second kappa shape index (κ2) is 5.73. The Kier molecular flexibility index (Phi) is 3.76. The molecule has 4 heteroatoms. The highest BCUT2D eigenvalue weighted by molar-refractivity contribution is 7.10. The summed E-state index contributed by atoms with van der Waals surface area (Å²) in [4.78, 5) is 15.8. The lowest BCUT2D eigenvalue weighted by atomic mass is 9.98. The Bertz CT molecular complexity index is 507. The number of thiophene rings is 1. The van der Waals surface area contributed by atoms with Gasteiger partial charge < -0.3 is 10.2 Å². The van der Waals surface area contributed by atoms with Gasteiger partial charge in [0.2, 0.25) is 5.91 Å². The zero-order valence-corrected chi connectivity index (χ0v) is 13.3. The third kappa shape index (κ3) is 3.16. The van der Waals surface area contributed by atoms with Crippen LogP contribution in [0.5, 0.6) is 0 Å². The van der Waals surface area contributed by atoms with Crippen molar-refractivity contribution in [1.29, 1.82) is 0 Å². The summed E-state index contributed by atoms with van der Waals surface area (Å²) in [6.45, 7) is 3.28. The van der Waals surface area contributed by atoms with Crippen molar-refractivity contribution in [2.75, 3.05) is 19.6 Å². The van der Waals surface area contributed by atoms with Gasteiger partial charge in [-0.1, -0.05) is 0 Å². The highest BCUT2D eigenvalue weighted by Crippen LogP contribution is 2.48. The molecule has 1 N–H and O–H groups in total. The van der Waals surface area contributed by atoms with Crippen LogP contribution in [0.3, 0.4) is 0 Å². The lowest BCUT2D eigenvalue weighted by molar-refractivity contribution is -0.131. The van der Waals surface area contributed by atoms with E-state index in [4.69, 9.17) is 0 Å². The van der Waals surface area contributed by atoms with E-state index in [-0.39, 0.29) is 5.91 Å². The highest BCUT2D eigenvalue weighted by Gasteiger charge is 2.40. The molecule has 2 saturated carbocycles. The quantitative estimate of drug-likeness (QED) is 0.876. The fourth-order valence-corrected chi connectivity index (χ4v) is 4.58. The number of hydrogen-bond donors (Lipinski definition) is 1. The van der Waals surface area contributed by atoms with Crippen LogP contribution in [-0.4, -0.2) is 30.4 Å². The molecule has 2 aliphatic carbocycles. The van der Waals surface area contributed by atoms with Crippen molar-refractivity contribution in [3.8, 4) is 0 Å². The molecule has 0 spiro atoms. The van der Waals surface area contributed by atoms with Gasteiger partial charge >= 0.3 is 0 Å². The number of fused-ring (bicyclic) bond motifs is 1. The average molecular weight is 304 g/mol. The second-order valence-corrected chi connectivity index (χ2v) is 7.90. The molecule has 1 amide bonds. The lowest BCUT2D eigenvalue weighted by Crippen LogP contribution is -2.42. The summed E-state index contributed by atoms with van der Waals surface area (Å²) in [5.74, 6) is 3.05. The van der Waals surface area contributed by atoms with Crippen LogP contribution in [0.15, 0.2) is 11.4 Å². The van der Waals surface area contributed by atoms with Crippen molar-refractivity contribution in [3.63, 3.8) is 0 Å². The molecule has 1 aromatic heterocycles. The first-order chi connectivity index (χ1) is 10.3. The Labute approximate surface area is 130 Å². The van der Waals surface area contributed by atoms with Crippen molar-refractivity contribution in [2.24, 2.45) is 17.8 Å². The van der Waals surface area contributed by atoms with Crippen LogP contribution in [0.4, 0.5) is 0 Å². The van der Waals surface area contributed by atoms with Gasteiger partial charge in [-0.15, -0.1) is 11.3 Å². The van der Waals surface area contributed by atoms with E-state index in [0.717, 1.165) is 43.8 Å². The first-order valence-electron chi connectivity index (χ1n) is 8.35. The number of rotatable bonds is 6. The van der Waals surface area contributed by atoms with Crippen molar-refractivity contribution < 1.29 is 4.79 Å². The van der Waals surface area contributed by atoms with Crippen molar-refractivity contribution in [1.82, 2.24) is 10.2 Å². The summed E-state index contributed by atoms with van der Waals surface area (Å²) in [5.41, 5.74) is 1.36. The molecule has 0 saturated heterocycles. The standard InChI is InChI=1S/C17H24N2OS/c20-17(19-7-5-16-14(11-19)6-8-21-16)10-18-9-15(12-1-2-12)13-3-4-13/h6,8,12-13,15,18H,1-5,7,9-11H2. The van der Waals surface area contributed by atoms with Gasteiger partial charge in [0.1, 0.15) is 0 Å². The molecular formula is C17H24N2OS. The maximum absolute atomic E-state index is 12.3. The maximum atomic E-state index is 12.3. The van der Waals surface area contributed by atoms with E-state index in [1.807, 2.05) is 16.2 Å². The van der Waals surface area contributed by atoms with Crippen molar-refractivity contribution in [3.05, 3.63) is 21.9 Å². The van der Waals surface area contributed by atoms with Gasteiger partial charge in [0.05, 0.1) is 6.54 Å². The van der Waals surface area contributed by atoms with E-state index in [0.29, 0.717) is 6.54 Å². The van der Waals surface area contributed by atoms with Crippen molar-refractivity contribution >= 4 is 17.2 Å². The summed E-state index contributed by atoms with van der Waals surface area (Å²) in [6, 6.07) is 2.17. The summed E-state index contributed by atoms with van der Waals surface area (Å²) in [6.07, 6.45) is 6.72. The monoisotopic (exact) mass is 304 g/mol. The molecule has 0 unspecified atom stereocenters. The molecular weight excluding hydrogens is 280 g/mol. The highest BCUT2D eigenvalue weighted by atomic mass is 32.1. The largest absolute Gasteiger partial charge is 0.337 e. The predicted octanol–water partition coefficient (Wildman–Crippen LogP) is 2.66. The smallest absolute Gasteiger partial charge is 0.236 e. The third-order valence-electron chi connectivity index (χ3n) is 5.27. The van der Waals surface area contributed by atoms with Crippen molar-refractivity contribution in [2.45, 2.75) is 38.6 Å². The van der Waals surface area contributed by atoms with Crippen LogP contribution >= 0.6 is 11.3 Å². The number of amides is 1. The minimum absolute atomic E-state index is 0.275. The molecule has 0 atom stereocenters. The van der Waals surface area contributed by atoms with Gasteiger partial charge in [0.25, 0.3) is 0 Å². The normalized spacial score (nSPS) is 21.7. The molecule has 2 heterocycles. The van der Waals surface area contributed by atoms with Crippen LogP contribution in [0.1, 0.15) is 36.1 Å². The van der Waals surface area contributed by atoms with Gasteiger partial charge in [0.15, 0.2) is 0 Å². The van der Waals surface area contributed by atoms with Crippen LogP contribution in [0.25, 0.3) is 0 Å². The minimum atomic E-state index is 0.275. The van der Waals surface area contributed by atoms with Gasteiger partial charge in [-0.3, -0.25) is 4.79 Å². The molecule has 0 radical (unpaired) electrons. The van der Waals surface area contributed by atoms with E-state index in [1.54, 1.807) is 0 Å². The van der Waals surface area contributed by atoms with E-state index in [1.165, 1.54) is 36.1 Å². The van der Waals surface area contributed by atoms with Crippen LogP contribution in [0, 0.1) is 17.8 Å². The number of carbonyl (C=O) groups excluding carboxylic acids is 1. The van der Waals surface area contributed by atoms with Crippen LogP contribution in [0.2, 0.25) is 0 Å². The van der Waals surface area contributed by atoms with E-state index in [2.05, 4.69) is 16.8 Å². The minimum Gasteiger partial charge on any atom is -0.337 e. The van der Waals surface area contributed by atoms with Gasteiger partial charge in [-0.25, -0.2) is 0 Å². The molecule has 0 aromatic carbocycles. The number of nitrogens with one attached hydrogen (secondary N) is 1. The summed E-state index contributed by atoms with van der Waals surface area (Å²) >= 11 is 1.83. The fourth-order valence-electron chi connectivity index (χ4n) is 3.69. The summed E-state index contributed by atoms with van der Waals surface area (Å²) < 4.78 is 0. The molecule has 0 bridgehead atoms. The average Bonchev–Trinajstić information content (AvgIpc) is 3.41. The van der Waals surface area contributed by atoms with Gasteiger partial charge in [0, 0.05) is 18.0 Å². The number of nitrogens with zero attached hydrogens (tertiary/aromatic N) is 1. The van der Waals surface area contributed by atoms with E-state index in [9.17, 15) is 4.79 Å². The molecule has 3 nitrogen and oxygen atoms in total. The molecule has 3 aliphatic rings. The van der Waals surface area contributed by atoms with Gasteiger partial charge in [-0.05, 0) is 73.4 Å². The SMILES string of the molecule is O=C(CNCC(C1CC1)C1CC1)N1CCc2sccc2C1. The lowest BCUT2D eigenvalue weighted by Gasteiger charge is -2.27. The Hall–Kier alpha value is -0.870. The Morgan fingerprint density at radius 1 is 1.33 bits per heavy atom. The van der Waals surface area contributed by atoms with Crippen LogP contribution < -0.4 is 5.32 Å². The molecule has 21 heavy (non-hydrogen) atoms. The Morgan fingerprint density at radius 3 is 2.81 bits per heavy atom. The van der Waals surface area contributed by atoms with Gasteiger partial charge in [-0.2, -0.15) is 0 Å². The number of carbonyl (C=O) groups is 1. The maximum Gasteiger partial charge on any atom is 0.236 e. The number of hydrogen-bond acceptors (Lipinski definition) is 3. The third-order valence-corrected chi connectivity index (χ3v) is 6.29. The van der Waals surface area contributed by atoms with Crippen LogP contribution in [-0.2, 0) is 17.8 Å². The first-order valence-corrected chi connectivity index (χ1v) is 9.23. The topological polar surface area (TPSA) is 32.3 Å². The molecule has 1 aromatic rings. The molecule has 4 rings (SSSR count). The molecule has 2 fully saturated rings. The summed E-state index contributed by atoms with van der Waals surface area (Å²) in [7, 11) is 0. The van der Waals surface area contributed by atoms with E-state index < -0.39 is 0 Å². The molecule has 114 valence electrons. The Morgan fingerprint density at radius 2 is 2.10 bits per heavy atom.